The Hall–Kier alpha value is -7.24. The maximum absolute atomic E-state index is 14.2. The van der Waals surface area contributed by atoms with E-state index in [4.69, 9.17) is 5.73 Å². The Labute approximate surface area is 377 Å². The summed E-state index contributed by atoms with van der Waals surface area (Å²) in [7, 11) is 1.29. The first-order chi connectivity index (χ1) is 31.1. The summed E-state index contributed by atoms with van der Waals surface area (Å²) >= 11 is 0. The Morgan fingerprint density at radius 2 is 1.26 bits per heavy atom. The zero-order chi connectivity index (χ0) is 47.5. The second-order valence-electron chi connectivity index (χ2n) is 15.9. The van der Waals surface area contributed by atoms with Crippen molar-refractivity contribution >= 4 is 58.2 Å². The van der Waals surface area contributed by atoms with E-state index < -0.39 is 90.5 Å². The number of aromatic amines is 1. The van der Waals surface area contributed by atoms with Gasteiger partial charge in [-0.1, -0.05) is 100 Å². The molecule has 0 saturated heterocycles. The number of para-hydroxylation sites is 1. The van der Waals surface area contributed by atoms with Gasteiger partial charge in [0, 0.05) is 37.0 Å². The molecule has 348 valence electrons. The predicted octanol–water partition coefficient (Wildman–Crippen LogP) is 2.12. The van der Waals surface area contributed by atoms with Crippen LogP contribution in [0.4, 0.5) is 0 Å². The molecule has 0 fully saturated rings. The summed E-state index contributed by atoms with van der Waals surface area (Å²) < 4.78 is 0. The lowest BCUT2D eigenvalue weighted by Gasteiger charge is -2.30. The summed E-state index contributed by atoms with van der Waals surface area (Å²) in [6.45, 7) is 3.23. The SMILES string of the molecule is CCCC[C@H](NC(=O)Cc1ccc(O)cc1)C(=O)NCC(=O)N[C@@H](Cc1c[nH]c2ccccc12)C(=O)N[C@@H](CCCC)C(=O)N[C@@H](CC(=O)O)C(=O)N(C)[C@@H](Cc1ccccc1)C(N)=O. The van der Waals surface area contributed by atoms with Crippen LogP contribution < -0.4 is 32.3 Å². The molecule has 0 radical (unpaired) electrons. The van der Waals surface area contributed by atoms with E-state index >= 15 is 0 Å². The van der Waals surface area contributed by atoms with Crippen LogP contribution in [-0.4, -0.2) is 111 Å². The summed E-state index contributed by atoms with van der Waals surface area (Å²) in [5, 5.41) is 33.2. The second kappa shape index (κ2) is 25.2. The predicted molar refractivity (Wildman–Crippen MR) is 242 cm³/mol. The molecule has 4 aromatic rings. The maximum Gasteiger partial charge on any atom is 0.305 e. The average Bonchev–Trinajstić information content (AvgIpc) is 3.69. The van der Waals surface area contributed by atoms with Crippen LogP contribution in [0.25, 0.3) is 10.9 Å². The molecule has 18 heteroatoms. The molecule has 0 aliphatic rings. The van der Waals surface area contributed by atoms with Gasteiger partial charge in [-0.05, 0) is 47.7 Å². The van der Waals surface area contributed by atoms with Crippen LogP contribution in [0.3, 0.4) is 0 Å². The molecule has 3 aromatic carbocycles. The molecule has 65 heavy (non-hydrogen) atoms. The fourth-order valence-electron chi connectivity index (χ4n) is 7.25. The minimum atomic E-state index is -1.65. The molecule has 0 unspecified atom stereocenters. The number of hydrogen-bond donors (Lipinski definition) is 9. The van der Waals surface area contributed by atoms with Crippen LogP contribution in [0.1, 0.15) is 75.5 Å². The molecule has 18 nitrogen and oxygen atoms in total. The number of fused-ring (bicyclic) bond motifs is 1. The molecular formula is C47H60N8O10. The summed E-state index contributed by atoms with van der Waals surface area (Å²) in [5.74, 6) is -6.52. The number of benzene rings is 3. The molecule has 0 aliphatic heterocycles. The summed E-state index contributed by atoms with van der Waals surface area (Å²) in [5.41, 5.74) is 8.42. The van der Waals surface area contributed by atoms with Crippen molar-refractivity contribution in [1.82, 2.24) is 36.5 Å². The van der Waals surface area contributed by atoms with Crippen LogP contribution in [0, 0.1) is 0 Å². The van der Waals surface area contributed by atoms with Crippen molar-refractivity contribution in [3.8, 4) is 5.75 Å². The number of amides is 7. The number of rotatable bonds is 26. The van der Waals surface area contributed by atoms with Gasteiger partial charge in [0.25, 0.3) is 0 Å². The number of phenols is 1. The van der Waals surface area contributed by atoms with E-state index in [0.29, 0.717) is 42.4 Å². The molecule has 0 aliphatic carbocycles. The number of primary amides is 1. The highest BCUT2D eigenvalue weighted by Crippen LogP contribution is 2.20. The number of nitrogens with zero attached hydrogens (tertiary/aromatic N) is 1. The molecule has 4 rings (SSSR count). The summed E-state index contributed by atoms with van der Waals surface area (Å²) in [4.78, 5) is 111. The highest BCUT2D eigenvalue weighted by molar-refractivity contribution is 5.97. The van der Waals surface area contributed by atoms with Crippen LogP contribution in [0.15, 0.2) is 85.1 Å². The number of likely N-dealkylation sites (N-methyl/N-ethyl adjacent to an activating group) is 1. The Morgan fingerprint density at radius 1 is 0.677 bits per heavy atom. The van der Waals surface area contributed by atoms with Gasteiger partial charge in [0.1, 0.15) is 36.0 Å². The number of carboxylic acids is 1. The zero-order valence-electron chi connectivity index (χ0n) is 36.9. The van der Waals surface area contributed by atoms with Crippen LogP contribution >= 0.6 is 0 Å². The van der Waals surface area contributed by atoms with Gasteiger partial charge < -0.3 is 52.4 Å². The lowest BCUT2D eigenvalue weighted by molar-refractivity contribution is -0.146. The highest BCUT2D eigenvalue weighted by atomic mass is 16.4. The molecule has 0 spiro atoms. The summed E-state index contributed by atoms with van der Waals surface area (Å²) in [6.07, 6.45) is 3.55. The first kappa shape index (κ1) is 50.4. The number of aliphatic carboxylic acids is 1. The number of carbonyl (C=O) groups excluding carboxylic acids is 7. The van der Waals surface area contributed by atoms with Gasteiger partial charge in [0.05, 0.1) is 19.4 Å². The van der Waals surface area contributed by atoms with Crippen molar-refractivity contribution in [2.24, 2.45) is 5.73 Å². The van der Waals surface area contributed by atoms with Crippen LogP contribution in [-0.2, 0) is 57.6 Å². The molecule has 0 bridgehead atoms. The zero-order valence-corrected chi connectivity index (χ0v) is 36.9. The van der Waals surface area contributed by atoms with Crippen molar-refractivity contribution in [2.75, 3.05) is 13.6 Å². The highest BCUT2D eigenvalue weighted by Gasteiger charge is 2.35. The molecule has 1 heterocycles. The van der Waals surface area contributed by atoms with Gasteiger partial charge >= 0.3 is 5.97 Å². The molecule has 0 saturated carbocycles. The number of carbonyl (C=O) groups is 8. The Balaban J connectivity index is 1.51. The third kappa shape index (κ3) is 15.8. The number of nitrogens with one attached hydrogen (secondary N) is 6. The number of phenolic OH excluding ortho intramolecular Hbond substituents is 1. The normalized spacial score (nSPS) is 13.3. The number of hydrogen-bond acceptors (Lipinski definition) is 9. The topological polar surface area (TPSA) is 282 Å². The van der Waals surface area contributed by atoms with E-state index in [1.165, 1.54) is 19.2 Å². The van der Waals surface area contributed by atoms with E-state index in [9.17, 15) is 48.6 Å². The summed E-state index contributed by atoms with van der Waals surface area (Å²) in [6, 6.07) is 15.8. The molecule has 1 aromatic heterocycles. The third-order valence-electron chi connectivity index (χ3n) is 10.9. The van der Waals surface area contributed by atoms with E-state index in [1.807, 2.05) is 38.1 Å². The van der Waals surface area contributed by atoms with Crippen molar-refractivity contribution in [3.05, 3.63) is 102 Å². The standard InChI is InChI=1S/C47H60N8O10/c1-4-6-16-35(51-40(57)24-30-19-21-32(56)22-20-30)44(62)50-28-41(58)52-37(25-31-27-49-34-18-12-11-15-33(31)34)46(64)53-36(17-7-5-2)45(63)54-38(26-42(59)60)47(65)55(3)39(43(48)61)23-29-13-9-8-10-14-29/h8-15,18-22,27,35-39,49,56H,4-7,16-17,23-26,28H2,1-3H3,(H2,48,61)(H,50,62)(H,51,57)(H,52,58)(H,53,64)(H,54,63)(H,59,60)/t35-,36-,37-,38-,39-/m0/s1. The Bertz CT molecular complexity index is 2270. The Kier molecular flexibility index (Phi) is 19.5. The smallest absolute Gasteiger partial charge is 0.305 e. The quantitative estimate of drug-likeness (QED) is 0.0443. The fraction of sp³-hybridized carbons (Fsp3) is 0.404. The lowest BCUT2D eigenvalue weighted by Crippen LogP contribution is -2.59. The first-order valence-corrected chi connectivity index (χ1v) is 21.7. The van der Waals surface area contributed by atoms with Crippen molar-refractivity contribution in [2.45, 2.75) is 108 Å². The number of nitrogens with two attached hydrogens (primary N) is 1. The van der Waals surface area contributed by atoms with Gasteiger partial charge in [0.15, 0.2) is 0 Å². The first-order valence-electron chi connectivity index (χ1n) is 21.7. The van der Waals surface area contributed by atoms with Gasteiger partial charge in [-0.15, -0.1) is 0 Å². The number of carboxylic acid groups (broad SMARTS) is 1. The van der Waals surface area contributed by atoms with Crippen molar-refractivity contribution < 1.29 is 48.6 Å². The molecule has 7 amide bonds. The largest absolute Gasteiger partial charge is 0.508 e. The van der Waals surface area contributed by atoms with E-state index in [-0.39, 0.29) is 31.4 Å². The minimum absolute atomic E-state index is 0.0344. The number of H-pyrrole nitrogens is 1. The monoisotopic (exact) mass is 896 g/mol. The average molecular weight is 897 g/mol. The van der Waals surface area contributed by atoms with E-state index in [2.05, 4.69) is 31.6 Å². The van der Waals surface area contributed by atoms with Crippen LogP contribution in [0.2, 0.25) is 0 Å². The lowest BCUT2D eigenvalue weighted by atomic mass is 10.0. The second-order valence-corrected chi connectivity index (χ2v) is 15.9. The van der Waals surface area contributed by atoms with Crippen molar-refractivity contribution in [1.29, 1.82) is 0 Å². The number of aromatic hydroxyl groups is 1. The molecular weight excluding hydrogens is 837 g/mol. The van der Waals surface area contributed by atoms with Gasteiger partial charge in [-0.3, -0.25) is 38.4 Å². The van der Waals surface area contributed by atoms with E-state index in [1.54, 1.807) is 48.7 Å². The molecule has 5 atom stereocenters. The van der Waals surface area contributed by atoms with Crippen LogP contribution in [0.5, 0.6) is 5.75 Å². The number of aromatic nitrogens is 1. The fourth-order valence-corrected chi connectivity index (χ4v) is 7.25. The molecule has 10 N–H and O–H groups in total. The van der Waals surface area contributed by atoms with Gasteiger partial charge in [0.2, 0.25) is 41.4 Å². The van der Waals surface area contributed by atoms with Crippen molar-refractivity contribution in [3.63, 3.8) is 0 Å². The van der Waals surface area contributed by atoms with Gasteiger partial charge in [-0.25, -0.2) is 0 Å². The minimum Gasteiger partial charge on any atom is -0.508 e. The number of unbranched alkanes of at least 4 members (excludes halogenated alkanes) is 2. The van der Waals surface area contributed by atoms with E-state index in [0.717, 1.165) is 22.2 Å². The maximum atomic E-state index is 14.2. The third-order valence-corrected chi connectivity index (χ3v) is 10.9. The Morgan fingerprint density at radius 3 is 1.89 bits per heavy atom. The van der Waals surface area contributed by atoms with Gasteiger partial charge in [-0.2, -0.15) is 0 Å².